The molecule has 0 saturated heterocycles. The van der Waals surface area contributed by atoms with Gasteiger partial charge < -0.3 is 15.4 Å². The van der Waals surface area contributed by atoms with Gasteiger partial charge in [0.2, 0.25) is 5.95 Å². The second kappa shape index (κ2) is 8.34. The molecule has 1 aliphatic rings. The maximum Gasteiger partial charge on any atom is 0.407 e. The van der Waals surface area contributed by atoms with Gasteiger partial charge in [0.15, 0.2) is 5.65 Å². The van der Waals surface area contributed by atoms with Gasteiger partial charge in [-0.25, -0.2) is 14.8 Å². The lowest BCUT2D eigenvalue weighted by Gasteiger charge is -2.30. The van der Waals surface area contributed by atoms with Gasteiger partial charge in [0.25, 0.3) is 5.56 Å². The van der Waals surface area contributed by atoms with Crippen molar-refractivity contribution in [2.75, 3.05) is 5.32 Å². The van der Waals surface area contributed by atoms with E-state index in [4.69, 9.17) is 4.74 Å². The number of fused-ring (bicyclic) bond motifs is 1. The third-order valence-corrected chi connectivity index (χ3v) is 4.83. The number of nitrogens with one attached hydrogen (secondary N) is 2. The third-order valence-electron chi connectivity index (χ3n) is 4.83. The number of aromatic nitrogens is 4. The first-order valence-electron chi connectivity index (χ1n) is 10.1. The highest BCUT2D eigenvalue weighted by Gasteiger charge is 2.25. The molecule has 1 amide bonds. The topological polar surface area (TPSA) is 111 Å². The zero-order valence-corrected chi connectivity index (χ0v) is 17.7. The van der Waals surface area contributed by atoms with Crippen LogP contribution in [0.1, 0.15) is 66.3 Å². The quantitative estimate of drug-likeness (QED) is 0.808. The average Bonchev–Trinajstić information content (AvgIpc) is 2.61. The van der Waals surface area contributed by atoms with Gasteiger partial charge in [0, 0.05) is 18.1 Å². The highest BCUT2D eigenvalue weighted by molar-refractivity contribution is 5.70. The number of amides is 1. The van der Waals surface area contributed by atoms with Gasteiger partial charge in [-0.15, -0.1) is 0 Å². The van der Waals surface area contributed by atoms with Gasteiger partial charge in [0.1, 0.15) is 11.1 Å². The summed E-state index contributed by atoms with van der Waals surface area (Å²) in [7, 11) is 0. The van der Waals surface area contributed by atoms with E-state index in [-0.39, 0.29) is 29.8 Å². The Bertz CT molecular complexity index is 926. The van der Waals surface area contributed by atoms with Crippen molar-refractivity contribution in [3.63, 3.8) is 0 Å². The first-order valence-corrected chi connectivity index (χ1v) is 10.1. The lowest BCUT2D eigenvalue weighted by Crippen LogP contribution is -2.42. The van der Waals surface area contributed by atoms with Crippen molar-refractivity contribution < 1.29 is 9.53 Å². The molecule has 0 aromatic carbocycles. The van der Waals surface area contributed by atoms with E-state index < -0.39 is 5.60 Å². The van der Waals surface area contributed by atoms with Crippen LogP contribution in [0.15, 0.2) is 17.2 Å². The van der Waals surface area contributed by atoms with E-state index >= 15 is 0 Å². The fraction of sp³-hybridized carbons (Fsp3) is 0.650. The minimum absolute atomic E-state index is 0.0230. The van der Waals surface area contributed by atoms with Crippen LogP contribution in [0.5, 0.6) is 0 Å². The SMILES string of the molecule is CC(C)n1c(=O)cnc2cnc(N[C@H]3CC[C@H](NC(=O)OC(C)(C)C)CC3)nc21. The standard InChI is InChI=1S/C20H30N6O3/c1-12(2)26-16(27)11-21-15-10-22-18(25-17(15)26)23-13-6-8-14(9-7-13)24-19(28)29-20(3,4)5/h10-14H,6-9H2,1-5H3,(H,24,28)(H,22,23,25)/t13-,14-. The Labute approximate surface area is 170 Å². The molecule has 1 aliphatic carbocycles. The summed E-state index contributed by atoms with van der Waals surface area (Å²) in [5, 5.41) is 6.31. The molecule has 0 spiro atoms. The molecule has 1 fully saturated rings. The van der Waals surface area contributed by atoms with Crippen LogP contribution in [0.4, 0.5) is 10.7 Å². The molecule has 0 bridgehead atoms. The summed E-state index contributed by atoms with van der Waals surface area (Å²) in [5.74, 6) is 0.489. The summed E-state index contributed by atoms with van der Waals surface area (Å²) in [4.78, 5) is 37.1. The molecule has 9 heteroatoms. The van der Waals surface area contributed by atoms with Gasteiger partial charge in [0.05, 0.1) is 12.4 Å². The number of rotatable bonds is 4. The van der Waals surface area contributed by atoms with Gasteiger partial charge in [-0.1, -0.05) is 0 Å². The summed E-state index contributed by atoms with van der Waals surface area (Å²) >= 11 is 0. The summed E-state index contributed by atoms with van der Waals surface area (Å²) in [5.41, 5.74) is 0.451. The summed E-state index contributed by atoms with van der Waals surface area (Å²) < 4.78 is 6.95. The van der Waals surface area contributed by atoms with E-state index in [1.165, 1.54) is 6.20 Å². The van der Waals surface area contributed by atoms with E-state index in [2.05, 4.69) is 25.6 Å². The fourth-order valence-electron chi connectivity index (χ4n) is 3.53. The number of carbonyl (C=O) groups excluding carboxylic acids is 1. The monoisotopic (exact) mass is 402 g/mol. The number of carbonyl (C=O) groups is 1. The molecule has 2 heterocycles. The minimum Gasteiger partial charge on any atom is -0.444 e. The maximum absolute atomic E-state index is 12.2. The molecule has 0 atom stereocenters. The Morgan fingerprint density at radius 3 is 2.41 bits per heavy atom. The molecule has 2 aromatic heterocycles. The Kier molecular flexibility index (Phi) is 6.04. The smallest absolute Gasteiger partial charge is 0.407 e. The Balaban J connectivity index is 1.62. The largest absolute Gasteiger partial charge is 0.444 e. The Morgan fingerprint density at radius 1 is 1.14 bits per heavy atom. The fourth-order valence-corrected chi connectivity index (χ4v) is 3.53. The van der Waals surface area contributed by atoms with Crippen molar-refractivity contribution in [1.29, 1.82) is 0 Å². The van der Waals surface area contributed by atoms with Crippen LogP contribution in [-0.4, -0.2) is 43.3 Å². The van der Waals surface area contributed by atoms with Crippen molar-refractivity contribution in [2.45, 2.75) is 84.0 Å². The second-order valence-electron chi connectivity index (χ2n) is 8.80. The highest BCUT2D eigenvalue weighted by Crippen LogP contribution is 2.22. The van der Waals surface area contributed by atoms with Crippen LogP contribution in [0.25, 0.3) is 11.2 Å². The van der Waals surface area contributed by atoms with Crippen molar-refractivity contribution >= 4 is 23.2 Å². The number of hydrogen-bond donors (Lipinski definition) is 2. The highest BCUT2D eigenvalue weighted by atomic mass is 16.6. The first kappa shape index (κ1) is 21.0. The van der Waals surface area contributed by atoms with E-state index in [1.807, 2.05) is 34.6 Å². The van der Waals surface area contributed by atoms with Crippen LogP contribution in [-0.2, 0) is 4.74 Å². The number of ether oxygens (including phenoxy) is 1. The average molecular weight is 402 g/mol. The Morgan fingerprint density at radius 2 is 1.79 bits per heavy atom. The molecule has 1 saturated carbocycles. The van der Waals surface area contributed by atoms with Crippen LogP contribution in [0.2, 0.25) is 0 Å². The predicted octanol–water partition coefficient (Wildman–Crippen LogP) is 3.02. The maximum atomic E-state index is 12.2. The predicted molar refractivity (Wildman–Crippen MR) is 111 cm³/mol. The van der Waals surface area contributed by atoms with Crippen LogP contribution in [0.3, 0.4) is 0 Å². The number of anilines is 1. The van der Waals surface area contributed by atoms with Gasteiger partial charge in [-0.3, -0.25) is 9.36 Å². The molecule has 0 aliphatic heterocycles. The van der Waals surface area contributed by atoms with Crippen LogP contribution in [0, 0.1) is 0 Å². The van der Waals surface area contributed by atoms with E-state index in [0.717, 1.165) is 25.7 Å². The number of alkyl carbamates (subject to hydrolysis) is 1. The molecule has 2 N–H and O–H groups in total. The number of hydrogen-bond acceptors (Lipinski definition) is 7. The van der Waals surface area contributed by atoms with E-state index in [0.29, 0.717) is 17.1 Å². The minimum atomic E-state index is -0.498. The lowest BCUT2D eigenvalue weighted by atomic mass is 9.91. The van der Waals surface area contributed by atoms with Crippen molar-refractivity contribution in [2.24, 2.45) is 0 Å². The van der Waals surface area contributed by atoms with Gasteiger partial charge in [-0.05, 0) is 60.3 Å². The first-order chi connectivity index (χ1) is 13.6. The van der Waals surface area contributed by atoms with Crippen LogP contribution >= 0.6 is 0 Å². The Hall–Kier alpha value is -2.71. The molecule has 158 valence electrons. The molecular weight excluding hydrogens is 372 g/mol. The van der Waals surface area contributed by atoms with E-state index in [1.54, 1.807) is 10.8 Å². The molecule has 0 unspecified atom stereocenters. The van der Waals surface area contributed by atoms with E-state index in [9.17, 15) is 9.59 Å². The van der Waals surface area contributed by atoms with Crippen molar-refractivity contribution in [3.8, 4) is 0 Å². The lowest BCUT2D eigenvalue weighted by molar-refractivity contribution is 0.0492. The molecule has 3 rings (SSSR count). The number of nitrogens with zero attached hydrogens (tertiary/aromatic N) is 4. The second-order valence-corrected chi connectivity index (χ2v) is 8.80. The molecular formula is C20H30N6O3. The molecule has 29 heavy (non-hydrogen) atoms. The third kappa shape index (κ3) is 5.42. The van der Waals surface area contributed by atoms with Gasteiger partial charge in [-0.2, -0.15) is 4.98 Å². The molecule has 9 nitrogen and oxygen atoms in total. The summed E-state index contributed by atoms with van der Waals surface area (Å²) in [6.07, 6.45) is 6.03. The van der Waals surface area contributed by atoms with Crippen LogP contribution < -0.4 is 16.2 Å². The summed E-state index contributed by atoms with van der Waals surface area (Å²) in [6, 6.07) is 0.292. The molecule has 0 radical (unpaired) electrons. The normalized spacial score (nSPS) is 19.9. The molecule has 2 aromatic rings. The zero-order chi connectivity index (χ0) is 21.2. The van der Waals surface area contributed by atoms with Crippen molar-refractivity contribution in [3.05, 3.63) is 22.7 Å². The summed E-state index contributed by atoms with van der Waals surface area (Å²) in [6.45, 7) is 9.44. The van der Waals surface area contributed by atoms with Crippen molar-refractivity contribution in [1.82, 2.24) is 24.8 Å². The zero-order valence-electron chi connectivity index (χ0n) is 17.7. The van der Waals surface area contributed by atoms with Gasteiger partial charge >= 0.3 is 6.09 Å².